The zero-order valence-electron chi connectivity index (χ0n) is 22.1. The molecule has 3 amide bonds. The van der Waals surface area contributed by atoms with Gasteiger partial charge in [0.25, 0.3) is 5.91 Å². The van der Waals surface area contributed by atoms with E-state index in [-0.39, 0.29) is 36.6 Å². The molecule has 0 radical (unpaired) electrons. The lowest BCUT2D eigenvalue weighted by molar-refractivity contribution is 0.0371. The highest BCUT2D eigenvalue weighted by molar-refractivity contribution is 6.01. The summed E-state index contributed by atoms with van der Waals surface area (Å²) in [4.78, 5) is 31.9. The number of nitrogens with zero attached hydrogens (tertiary/aromatic N) is 3. The van der Waals surface area contributed by atoms with E-state index >= 15 is 0 Å². The molecule has 2 N–H and O–H groups in total. The van der Waals surface area contributed by atoms with Crippen molar-refractivity contribution in [2.75, 3.05) is 51.1 Å². The van der Waals surface area contributed by atoms with Crippen LogP contribution in [0.4, 0.5) is 16.2 Å². The highest BCUT2D eigenvalue weighted by atomic mass is 16.5. The average Bonchev–Trinajstić information content (AvgIpc) is 2.89. The van der Waals surface area contributed by atoms with Crippen LogP contribution in [0.25, 0.3) is 10.8 Å². The van der Waals surface area contributed by atoms with E-state index in [0.29, 0.717) is 24.4 Å². The first-order valence-corrected chi connectivity index (χ1v) is 12.6. The quantitative estimate of drug-likeness (QED) is 0.523. The third kappa shape index (κ3) is 5.64. The number of carbonyl (C=O) groups excluding carboxylic acids is 2. The molecular weight excluding hydrogens is 468 g/mol. The van der Waals surface area contributed by atoms with Crippen LogP contribution < -0.4 is 15.0 Å². The van der Waals surface area contributed by atoms with Crippen molar-refractivity contribution in [2.24, 2.45) is 5.92 Å². The van der Waals surface area contributed by atoms with Gasteiger partial charge in [-0.3, -0.25) is 4.79 Å². The van der Waals surface area contributed by atoms with Gasteiger partial charge in [0.1, 0.15) is 11.9 Å². The molecule has 0 aliphatic carbocycles. The molecule has 1 heterocycles. The Kier molecular flexibility index (Phi) is 7.88. The van der Waals surface area contributed by atoms with Gasteiger partial charge in [-0.05, 0) is 36.6 Å². The van der Waals surface area contributed by atoms with Crippen molar-refractivity contribution in [1.82, 2.24) is 9.80 Å². The number of aliphatic hydroxyl groups is 1. The Hall–Kier alpha value is -3.78. The molecule has 4 rings (SSSR count). The first kappa shape index (κ1) is 26.3. The number of rotatable bonds is 6. The van der Waals surface area contributed by atoms with Crippen molar-refractivity contribution in [3.63, 3.8) is 0 Å². The molecule has 0 saturated carbocycles. The zero-order valence-corrected chi connectivity index (χ0v) is 22.1. The normalized spacial score (nSPS) is 18.3. The lowest BCUT2D eigenvalue weighted by atomic mass is 9.99. The third-order valence-corrected chi connectivity index (χ3v) is 7.00. The molecule has 196 valence electrons. The summed E-state index contributed by atoms with van der Waals surface area (Å²) in [7, 11) is 5.57. The van der Waals surface area contributed by atoms with Crippen molar-refractivity contribution in [2.45, 2.75) is 26.0 Å². The van der Waals surface area contributed by atoms with Crippen LogP contribution in [0.3, 0.4) is 0 Å². The molecule has 3 atom stereocenters. The Morgan fingerprint density at radius 1 is 1.14 bits per heavy atom. The molecule has 8 nitrogen and oxygen atoms in total. The van der Waals surface area contributed by atoms with E-state index in [1.807, 2.05) is 93.5 Å². The maximum Gasteiger partial charge on any atom is 0.321 e. The third-order valence-electron chi connectivity index (χ3n) is 7.00. The smallest absolute Gasteiger partial charge is 0.321 e. The number of ether oxygens (including phenoxy) is 1. The van der Waals surface area contributed by atoms with Gasteiger partial charge in [0.05, 0.1) is 30.4 Å². The number of benzene rings is 3. The zero-order chi connectivity index (χ0) is 26.7. The van der Waals surface area contributed by atoms with Crippen LogP contribution in [0.1, 0.15) is 24.2 Å². The minimum Gasteiger partial charge on any atom is -0.487 e. The number of fused-ring (bicyclic) bond motifs is 2. The number of likely N-dealkylation sites (N-methyl/N-ethyl adjacent to an activating group) is 1. The highest BCUT2D eigenvalue weighted by Crippen LogP contribution is 2.31. The molecule has 8 heteroatoms. The monoisotopic (exact) mass is 504 g/mol. The Morgan fingerprint density at radius 2 is 1.86 bits per heavy atom. The summed E-state index contributed by atoms with van der Waals surface area (Å²) in [5, 5.41) is 14.9. The predicted molar refractivity (Wildman–Crippen MR) is 148 cm³/mol. The minimum atomic E-state index is -0.367. The second kappa shape index (κ2) is 11.1. The molecule has 37 heavy (non-hydrogen) atoms. The number of anilines is 2. The maximum absolute atomic E-state index is 13.5. The largest absolute Gasteiger partial charge is 0.487 e. The lowest BCUT2D eigenvalue weighted by Gasteiger charge is -2.38. The van der Waals surface area contributed by atoms with Crippen molar-refractivity contribution < 1.29 is 19.4 Å². The van der Waals surface area contributed by atoms with E-state index in [1.54, 1.807) is 16.8 Å². The molecule has 0 bridgehead atoms. The summed E-state index contributed by atoms with van der Waals surface area (Å²) in [5.74, 6) is 0.213. The fraction of sp³-hybridized carbons (Fsp3) is 0.379. The lowest BCUT2D eigenvalue weighted by Crippen LogP contribution is -2.50. The summed E-state index contributed by atoms with van der Waals surface area (Å²) in [6.45, 7) is 4.42. The van der Waals surface area contributed by atoms with E-state index in [2.05, 4.69) is 5.32 Å². The van der Waals surface area contributed by atoms with Crippen LogP contribution in [0.15, 0.2) is 60.7 Å². The van der Waals surface area contributed by atoms with Crippen molar-refractivity contribution in [3.05, 3.63) is 66.2 Å². The second-order valence-corrected chi connectivity index (χ2v) is 10.0. The summed E-state index contributed by atoms with van der Waals surface area (Å²) in [5.41, 5.74) is 2.08. The first-order chi connectivity index (χ1) is 17.7. The van der Waals surface area contributed by atoms with E-state index in [4.69, 9.17) is 4.74 Å². The molecule has 0 unspecified atom stereocenters. The summed E-state index contributed by atoms with van der Waals surface area (Å²) in [6, 6.07) is 18.7. The van der Waals surface area contributed by atoms with E-state index in [9.17, 15) is 14.7 Å². The van der Waals surface area contributed by atoms with E-state index in [1.165, 1.54) is 0 Å². The van der Waals surface area contributed by atoms with Gasteiger partial charge < -0.3 is 29.9 Å². The highest BCUT2D eigenvalue weighted by Gasteiger charge is 2.34. The van der Waals surface area contributed by atoms with Crippen LogP contribution in [-0.4, -0.2) is 79.8 Å². The Balaban J connectivity index is 1.59. The van der Waals surface area contributed by atoms with Crippen molar-refractivity contribution in [1.29, 1.82) is 0 Å². The number of hydrogen-bond acceptors (Lipinski definition) is 5. The molecule has 0 spiro atoms. The van der Waals surface area contributed by atoms with Gasteiger partial charge in [0.2, 0.25) is 0 Å². The SMILES string of the molecule is C[C@H]1CN([C@@H](C)CO)C(=O)c2cc(N(C)C)ccc2O[C@H]1CN(C)C(=O)Nc1cccc2ccccc12. The van der Waals surface area contributed by atoms with Crippen LogP contribution in [0.5, 0.6) is 5.75 Å². The number of urea groups is 1. The van der Waals surface area contributed by atoms with Gasteiger partial charge in [-0.15, -0.1) is 0 Å². The average molecular weight is 505 g/mol. The van der Waals surface area contributed by atoms with E-state index in [0.717, 1.165) is 22.1 Å². The molecule has 1 aliphatic rings. The molecule has 3 aromatic carbocycles. The maximum atomic E-state index is 13.5. The fourth-order valence-electron chi connectivity index (χ4n) is 4.60. The minimum absolute atomic E-state index is 0.0903. The second-order valence-electron chi connectivity index (χ2n) is 10.0. The molecular formula is C29H36N4O4. The van der Waals surface area contributed by atoms with Gasteiger partial charge in [-0.1, -0.05) is 43.3 Å². The summed E-state index contributed by atoms with van der Waals surface area (Å²) >= 11 is 0. The number of hydrogen-bond donors (Lipinski definition) is 2. The Bertz CT molecular complexity index is 1270. The van der Waals surface area contributed by atoms with Crippen LogP contribution in [0.2, 0.25) is 0 Å². The number of amides is 3. The number of nitrogens with one attached hydrogen (secondary N) is 1. The molecule has 0 saturated heterocycles. The van der Waals surface area contributed by atoms with Crippen LogP contribution in [-0.2, 0) is 0 Å². The van der Waals surface area contributed by atoms with Gasteiger partial charge in [-0.2, -0.15) is 0 Å². The van der Waals surface area contributed by atoms with Crippen molar-refractivity contribution in [3.8, 4) is 5.75 Å². The van der Waals surface area contributed by atoms with Crippen LogP contribution >= 0.6 is 0 Å². The molecule has 3 aromatic rings. The first-order valence-electron chi connectivity index (χ1n) is 12.6. The Morgan fingerprint density at radius 3 is 2.59 bits per heavy atom. The Labute approximate surface area is 218 Å². The molecule has 1 aliphatic heterocycles. The van der Waals surface area contributed by atoms with Crippen LogP contribution in [0, 0.1) is 5.92 Å². The predicted octanol–water partition coefficient (Wildman–Crippen LogP) is 4.29. The topological polar surface area (TPSA) is 85.4 Å². The fourth-order valence-corrected chi connectivity index (χ4v) is 4.60. The van der Waals surface area contributed by atoms with Crippen molar-refractivity contribution >= 4 is 34.1 Å². The number of aliphatic hydroxyl groups excluding tert-OH is 1. The van der Waals surface area contributed by atoms with Gasteiger partial charge in [0, 0.05) is 44.7 Å². The standard InChI is InChI=1S/C29H36N4O4/c1-19-16-33(20(2)18-34)28(35)24-15-22(31(3)4)13-14-26(24)37-27(19)17-32(5)29(36)30-25-12-8-10-21-9-6-7-11-23(21)25/h6-15,19-20,27,34H,16-18H2,1-5H3,(H,30,36)/t19-,20-,27-/m0/s1. The number of carbonyl (C=O) groups is 2. The van der Waals surface area contributed by atoms with Gasteiger partial charge in [0.15, 0.2) is 0 Å². The van der Waals surface area contributed by atoms with Gasteiger partial charge >= 0.3 is 6.03 Å². The molecule has 0 fully saturated rings. The summed E-state index contributed by atoms with van der Waals surface area (Å²) < 4.78 is 6.41. The molecule has 0 aromatic heterocycles. The van der Waals surface area contributed by atoms with Gasteiger partial charge in [-0.25, -0.2) is 4.79 Å². The summed E-state index contributed by atoms with van der Waals surface area (Å²) in [6.07, 6.45) is -0.367. The van der Waals surface area contributed by atoms with E-state index < -0.39 is 0 Å².